The van der Waals surface area contributed by atoms with Crippen molar-refractivity contribution in [1.29, 1.82) is 0 Å². The first-order valence-corrected chi connectivity index (χ1v) is 10.8. The van der Waals surface area contributed by atoms with Crippen molar-refractivity contribution in [3.63, 3.8) is 0 Å². The topological polar surface area (TPSA) is 59.9 Å². The number of para-hydroxylation sites is 2. The first kappa shape index (κ1) is 23.6. The van der Waals surface area contributed by atoms with E-state index in [0.717, 1.165) is 22.4 Å². The van der Waals surface area contributed by atoms with Gasteiger partial charge in [0.25, 0.3) is 5.91 Å². The molecule has 35 heavy (non-hydrogen) atoms. The van der Waals surface area contributed by atoms with Crippen molar-refractivity contribution < 1.29 is 23.0 Å². The summed E-state index contributed by atoms with van der Waals surface area (Å²) in [5.74, 6) is 0.306. The predicted molar refractivity (Wildman–Crippen MR) is 131 cm³/mol. The van der Waals surface area contributed by atoms with Gasteiger partial charge in [-0.3, -0.25) is 4.79 Å². The quantitative estimate of drug-likeness (QED) is 0.230. The number of alkyl halides is 2. The number of hydrazone groups is 1. The normalized spacial score (nSPS) is 10.9. The van der Waals surface area contributed by atoms with Crippen LogP contribution in [0.5, 0.6) is 11.5 Å². The zero-order valence-corrected chi connectivity index (χ0v) is 18.6. The summed E-state index contributed by atoms with van der Waals surface area (Å²) in [6.45, 7) is -2.61. The van der Waals surface area contributed by atoms with Crippen molar-refractivity contribution in [2.24, 2.45) is 5.10 Å². The lowest BCUT2D eigenvalue weighted by Crippen LogP contribution is -2.17. The molecule has 0 radical (unpaired) electrons. The number of carbonyl (C=O) groups excluding carboxylic acids is 1. The van der Waals surface area contributed by atoms with E-state index < -0.39 is 12.5 Å². The molecule has 0 bridgehead atoms. The highest BCUT2D eigenvalue weighted by atomic mass is 19.3. The molecule has 7 heteroatoms. The molecule has 0 atom stereocenters. The molecule has 0 saturated carbocycles. The molecule has 0 aliphatic carbocycles. The maximum absolute atomic E-state index is 12.5. The number of nitrogens with one attached hydrogen (secondary N) is 1. The van der Waals surface area contributed by atoms with Gasteiger partial charge in [-0.25, -0.2) is 5.43 Å². The summed E-state index contributed by atoms with van der Waals surface area (Å²) in [5.41, 5.74) is 6.06. The maximum atomic E-state index is 12.5. The fourth-order valence-electron chi connectivity index (χ4n) is 3.38. The standard InChI is InChI=1S/C28H22F2N2O3/c29-28(30)35-25-12-6-4-10-23(25)18-31-32-27(33)22-16-14-20(15-17-22)19-34-26-13-7-5-11-24(26)21-8-2-1-3-9-21/h1-18,28H,19H2,(H,32,33)/b31-18+. The van der Waals surface area contributed by atoms with E-state index >= 15 is 0 Å². The van der Waals surface area contributed by atoms with Crippen LogP contribution in [0.25, 0.3) is 11.1 Å². The van der Waals surface area contributed by atoms with Gasteiger partial charge in [-0.15, -0.1) is 0 Å². The van der Waals surface area contributed by atoms with E-state index in [1.165, 1.54) is 12.3 Å². The molecule has 0 aromatic heterocycles. The van der Waals surface area contributed by atoms with Crippen LogP contribution in [0.4, 0.5) is 8.78 Å². The van der Waals surface area contributed by atoms with E-state index in [1.54, 1.807) is 42.5 Å². The average Bonchev–Trinajstić information content (AvgIpc) is 2.89. The molecule has 0 unspecified atom stereocenters. The summed E-state index contributed by atoms with van der Waals surface area (Å²) in [4.78, 5) is 12.4. The zero-order chi connectivity index (χ0) is 24.5. The van der Waals surface area contributed by atoms with E-state index in [9.17, 15) is 13.6 Å². The van der Waals surface area contributed by atoms with E-state index in [-0.39, 0.29) is 5.75 Å². The molecule has 4 aromatic rings. The van der Waals surface area contributed by atoms with Crippen LogP contribution >= 0.6 is 0 Å². The molecule has 0 saturated heterocycles. The van der Waals surface area contributed by atoms with E-state index in [1.807, 2.05) is 54.6 Å². The Labute approximate surface area is 201 Å². The molecule has 0 aliphatic heterocycles. The third-order valence-electron chi connectivity index (χ3n) is 5.09. The van der Waals surface area contributed by atoms with Gasteiger partial charge < -0.3 is 9.47 Å². The van der Waals surface area contributed by atoms with Crippen LogP contribution in [0.2, 0.25) is 0 Å². The van der Waals surface area contributed by atoms with Gasteiger partial charge in [0.05, 0.1) is 6.21 Å². The molecular weight excluding hydrogens is 450 g/mol. The van der Waals surface area contributed by atoms with E-state index in [4.69, 9.17) is 4.74 Å². The van der Waals surface area contributed by atoms with E-state index in [2.05, 4.69) is 15.3 Å². The minimum absolute atomic E-state index is 0.0290. The molecule has 4 aromatic carbocycles. The molecule has 0 fully saturated rings. The summed E-state index contributed by atoms with van der Waals surface area (Å²) in [6.07, 6.45) is 1.25. The Hall–Kier alpha value is -4.52. The van der Waals surface area contributed by atoms with Crippen molar-refractivity contribution in [3.8, 4) is 22.6 Å². The lowest BCUT2D eigenvalue weighted by atomic mass is 10.0. The highest BCUT2D eigenvalue weighted by Gasteiger charge is 2.09. The van der Waals surface area contributed by atoms with Crippen LogP contribution in [0.1, 0.15) is 21.5 Å². The van der Waals surface area contributed by atoms with Gasteiger partial charge in [0, 0.05) is 16.7 Å². The predicted octanol–water partition coefficient (Wildman–Crippen LogP) is 6.30. The van der Waals surface area contributed by atoms with Crippen molar-refractivity contribution >= 4 is 12.1 Å². The molecule has 5 nitrogen and oxygen atoms in total. The second kappa shape index (κ2) is 11.6. The Bertz CT molecular complexity index is 1290. The SMILES string of the molecule is O=C(N/N=C/c1ccccc1OC(F)F)c1ccc(COc2ccccc2-c2ccccc2)cc1. The van der Waals surface area contributed by atoms with Crippen LogP contribution < -0.4 is 14.9 Å². The molecule has 4 rings (SSSR count). The van der Waals surface area contributed by atoms with Crippen LogP contribution in [0.3, 0.4) is 0 Å². The first-order valence-electron chi connectivity index (χ1n) is 10.8. The fourth-order valence-corrected chi connectivity index (χ4v) is 3.38. The second-order valence-corrected chi connectivity index (χ2v) is 7.46. The third kappa shape index (κ3) is 6.51. The summed E-state index contributed by atoms with van der Waals surface area (Å²) in [6, 6.07) is 30.9. The number of rotatable bonds is 9. The van der Waals surface area contributed by atoms with Crippen molar-refractivity contribution in [2.75, 3.05) is 0 Å². The van der Waals surface area contributed by atoms with Crippen LogP contribution in [-0.4, -0.2) is 18.7 Å². The molecule has 1 N–H and O–H groups in total. The number of hydrogen-bond acceptors (Lipinski definition) is 4. The van der Waals surface area contributed by atoms with Gasteiger partial charge in [-0.1, -0.05) is 72.8 Å². The number of carbonyl (C=O) groups is 1. The molecule has 0 spiro atoms. The highest BCUT2D eigenvalue weighted by Crippen LogP contribution is 2.30. The largest absolute Gasteiger partial charge is 0.488 e. The Morgan fingerprint density at radius 1 is 0.829 bits per heavy atom. The Balaban J connectivity index is 1.35. The van der Waals surface area contributed by atoms with Gasteiger partial charge in [-0.05, 0) is 41.5 Å². The van der Waals surface area contributed by atoms with Gasteiger partial charge in [0.2, 0.25) is 0 Å². The monoisotopic (exact) mass is 472 g/mol. The van der Waals surface area contributed by atoms with Gasteiger partial charge in [-0.2, -0.15) is 13.9 Å². The number of halogens is 2. The number of amides is 1. The average molecular weight is 472 g/mol. The number of benzene rings is 4. The molecule has 176 valence electrons. The van der Waals surface area contributed by atoms with Gasteiger partial charge in [0.15, 0.2) is 0 Å². The van der Waals surface area contributed by atoms with Crippen molar-refractivity contribution in [1.82, 2.24) is 5.43 Å². The van der Waals surface area contributed by atoms with E-state index in [0.29, 0.717) is 17.7 Å². The summed E-state index contributed by atoms with van der Waals surface area (Å²) in [5, 5.41) is 3.85. The van der Waals surface area contributed by atoms with Crippen LogP contribution in [0.15, 0.2) is 108 Å². The number of hydrogen-bond donors (Lipinski definition) is 1. The number of nitrogens with zero attached hydrogens (tertiary/aromatic N) is 1. The number of ether oxygens (including phenoxy) is 2. The van der Waals surface area contributed by atoms with Crippen LogP contribution in [0, 0.1) is 0 Å². The Kier molecular flexibility index (Phi) is 7.81. The lowest BCUT2D eigenvalue weighted by Gasteiger charge is -2.12. The van der Waals surface area contributed by atoms with Crippen molar-refractivity contribution in [2.45, 2.75) is 13.2 Å². The molecular formula is C28H22F2N2O3. The minimum Gasteiger partial charge on any atom is -0.488 e. The van der Waals surface area contributed by atoms with Crippen molar-refractivity contribution in [3.05, 3.63) is 120 Å². The maximum Gasteiger partial charge on any atom is 0.387 e. The molecule has 1 amide bonds. The Morgan fingerprint density at radius 2 is 1.49 bits per heavy atom. The zero-order valence-electron chi connectivity index (χ0n) is 18.6. The summed E-state index contributed by atoms with van der Waals surface area (Å²) in [7, 11) is 0. The highest BCUT2D eigenvalue weighted by molar-refractivity contribution is 5.95. The van der Waals surface area contributed by atoms with Crippen LogP contribution in [-0.2, 0) is 6.61 Å². The van der Waals surface area contributed by atoms with Gasteiger partial charge in [0.1, 0.15) is 18.1 Å². The molecule has 0 heterocycles. The first-order chi connectivity index (χ1) is 17.1. The fraction of sp³-hybridized carbons (Fsp3) is 0.0714. The Morgan fingerprint density at radius 3 is 2.23 bits per heavy atom. The smallest absolute Gasteiger partial charge is 0.387 e. The lowest BCUT2D eigenvalue weighted by molar-refractivity contribution is -0.0499. The van der Waals surface area contributed by atoms with Gasteiger partial charge >= 0.3 is 6.61 Å². The summed E-state index contributed by atoms with van der Waals surface area (Å²) < 4.78 is 35.5. The summed E-state index contributed by atoms with van der Waals surface area (Å²) >= 11 is 0. The minimum atomic E-state index is -2.95. The molecule has 0 aliphatic rings. The second-order valence-electron chi connectivity index (χ2n) is 7.46. The third-order valence-corrected chi connectivity index (χ3v) is 5.09.